The lowest BCUT2D eigenvalue weighted by atomic mass is 9.93. The van der Waals surface area contributed by atoms with E-state index in [-0.39, 0.29) is 85.6 Å². The number of rotatable bonds is 13. The largest absolute Gasteiger partial charge is 0.456 e. The molecule has 16 nitrogen and oxygen atoms in total. The topological polar surface area (TPSA) is 259 Å². The molecule has 2 amide bonds. The van der Waals surface area contributed by atoms with Crippen molar-refractivity contribution in [3.05, 3.63) is 99.4 Å². The van der Waals surface area contributed by atoms with Gasteiger partial charge in [0.05, 0.1) is 16.7 Å². The molecule has 4 aromatic rings. The molecule has 0 fully saturated rings. The maximum Gasteiger partial charge on any atom is 0.296 e. The number of amides is 2. The van der Waals surface area contributed by atoms with E-state index in [4.69, 9.17) is 9.41 Å². The van der Waals surface area contributed by atoms with E-state index in [9.17, 15) is 48.5 Å². The molecule has 0 saturated heterocycles. The Kier molecular flexibility index (Phi) is 14.3. The number of aryl methyl sites for hydroxylation is 4. The van der Waals surface area contributed by atoms with Crippen molar-refractivity contribution >= 4 is 81.6 Å². The molecular weight excluding hydrogens is 933 g/mol. The molecule has 0 bridgehead atoms. The maximum absolute atomic E-state index is 13.4. The van der Waals surface area contributed by atoms with Gasteiger partial charge in [0, 0.05) is 63.1 Å². The second kappa shape index (κ2) is 18.9. The Hall–Kier alpha value is -5.96. The first-order chi connectivity index (χ1) is 31.4. The minimum absolute atomic E-state index is 0.0298. The first-order valence-electron chi connectivity index (χ1n) is 21.7. The monoisotopic (exact) mass is 988 g/mol. The molecule has 362 valence electrons. The third-order valence-corrected chi connectivity index (χ3v) is 15.3. The van der Waals surface area contributed by atoms with E-state index >= 15 is 0 Å². The number of nitrogens with one attached hydrogen (secondary N) is 3. The average molecular weight is 989 g/mol. The summed E-state index contributed by atoms with van der Waals surface area (Å²) in [5, 5.41) is 8.61. The quantitative estimate of drug-likeness (QED) is 0.0465. The second-order valence-corrected chi connectivity index (χ2v) is 22.3. The van der Waals surface area contributed by atoms with Gasteiger partial charge >= 0.3 is 0 Å². The van der Waals surface area contributed by atoms with Crippen molar-refractivity contribution in [1.29, 1.82) is 0 Å². The highest BCUT2D eigenvalue weighted by atomic mass is 32.2. The highest BCUT2D eigenvalue weighted by Gasteiger charge is 2.30. The minimum atomic E-state index is -5.17. The zero-order chi connectivity index (χ0) is 50.7. The summed E-state index contributed by atoms with van der Waals surface area (Å²) in [6.45, 7) is 21.8. The molecule has 2 unspecified atom stereocenters. The third kappa shape index (κ3) is 10.2. The fourth-order valence-electron chi connectivity index (χ4n) is 8.17. The molecule has 0 radical (unpaired) electrons. The van der Waals surface area contributed by atoms with Crippen molar-refractivity contribution in [2.75, 3.05) is 16.0 Å². The second-order valence-electron chi connectivity index (χ2n) is 18.1. The van der Waals surface area contributed by atoms with E-state index in [0.29, 0.717) is 44.9 Å². The molecule has 1 aliphatic carbocycles. The summed E-state index contributed by atoms with van der Waals surface area (Å²) in [5.74, 6) is -1.23. The van der Waals surface area contributed by atoms with E-state index in [2.05, 4.69) is 16.0 Å². The van der Waals surface area contributed by atoms with Gasteiger partial charge in [-0.05, 0) is 105 Å². The Bertz CT molecular complexity index is 3450. The van der Waals surface area contributed by atoms with Crippen molar-refractivity contribution < 1.29 is 52.9 Å². The molecule has 2 aliphatic rings. The zero-order valence-corrected chi connectivity index (χ0v) is 42.2. The van der Waals surface area contributed by atoms with Crippen LogP contribution in [0.5, 0.6) is 0 Å². The van der Waals surface area contributed by atoms with Gasteiger partial charge in [0.15, 0.2) is 0 Å². The molecule has 0 spiro atoms. The summed E-state index contributed by atoms with van der Waals surface area (Å²) < 4.78 is 118. The number of nitrogens with zero attached hydrogens (tertiary/aromatic N) is 1. The summed E-state index contributed by atoms with van der Waals surface area (Å²) in [5.41, 5.74) is 4.37. The fraction of sp³-hybridized carbons (Fsp3) is 0.327. The molecular formula is C49H56N4O12S3. The van der Waals surface area contributed by atoms with Crippen LogP contribution in [-0.2, 0) is 39.9 Å². The molecule has 6 rings (SSSR count). The van der Waals surface area contributed by atoms with Crippen molar-refractivity contribution in [2.45, 2.75) is 97.8 Å². The third-order valence-electron chi connectivity index (χ3n) is 12.6. The van der Waals surface area contributed by atoms with Crippen LogP contribution in [0.15, 0.2) is 84.8 Å². The Labute approximate surface area is 396 Å². The number of benzene rings is 5. The van der Waals surface area contributed by atoms with Crippen molar-refractivity contribution in [3.63, 3.8) is 0 Å². The predicted octanol–water partition coefficient (Wildman–Crippen LogP) is 10.2. The van der Waals surface area contributed by atoms with E-state index in [0.717, 1.165) is 23.8 Å². The molecule has 6 N–H and O–H groups in total. The van der Waals surface area contributed by atoms with Crippen LogP contribution in [0, 0.1) is 65.2 Å². The van der Waals surface area contributed by atoms with E-state index < -0.39 is 45.0 Å². The predicted molar refractivity (Wildman–Crippen MR) is 263 cm³/mol. The average Bonchev–Trinajstić information content (AvgIpc) is 3.23. The molecule has 0 saturated carbocycles. The van der Waals surface area contributed by atoms with Gasteiger partial charge in [-0.1, -0.05) is 71.9 Å². The first-order valence-corrected chi connectivity index (χ1v) is 26.0. The van der Waals surface area contributed by atoms with Crippen LogP contribution in [0.2, 0.25) is 0 Å². The fourth-order valence-corrected chi connectivity index (χ4v) is 10.2. The number of hydrogen-bond acceptors (Lipinski definition) is 11. The Morgan fingerprint density at radius 3 is 1.60 bits per heavy atom. The molecule has 1 aliphatic heterocycles. The normalized spacial score (nSPS) is 13.6. The lowest BCUT2D eigenvalue weighted by Gasteiger charge is -2.23. The molecule has 19 heteroatoms. The van der Waals surface area contributed by atoms with Crippen LogP contribution in [0.4, 0.5) is 28.4 Å². The van der Waals surface area contributed by atoms with Crippen LogP contribution in [0.1, 0.15) is 74.9 Å². The number of fused-ring (bicyclic) bond motifs is 2. The van der Waals surface area contributed by atoms with Crippen molar-refractivity contribution in [2.24, 2.45) is 28.7 Å². The summed E-state index contributed by atoms with van der Waals surface area (Å²) >= 11 is 0. The smallest absolute Gasteiger partial charge is 0.296 e. The van der Waals surface area contributed by atoms with Gasteiger partial charge in [-0.3, -0.25) is 23.2 Å². The van der Waals surface area contributed by atoms with Crippen molar-refractivity contribution in [1.82, 2.24) is 0 Å². The number of carbonyl (C=O) groups is 2. The summed E-state index contributed by atoms with van der Waals surface area (Å²) in [6, 6.07) is 13.2. The maximum atomic E-state index is 13.4. The Balaban J connectivity index is 1.73. The van der Waals surface area contributed by atoms with E-state index in [1.807, 2.05) is 34.6 Å². The highest BCUT2D eigenvalue weighted by molar-refractivity contribution is 7.86. The van der Waals surface area contributed by atoms with Gasteiger partial charge < -0.3 is 20.4 Å². The Morgan fingerprint density at radius 1 is 0.574 bits per heavy atom. The van der Waals surface area contributed by atoms with Gasteiger partial charge in [-0.25, -0.2) is 4.99 Å². The van der Waals surface area contributed by atoms with Crippen LogP contribution in [0.25, 0.3) is 33.4 Å². The van der Waals surface area contributed by atoms with Gasteiger partial charge in [0.1, 0.15) is 26.0 Å². The lowest BCUT2D eigenvalue weighted by molar-refractivity contribution is -0.121. The van der Waals surface area contributed by atoms with Crippen LogP contribution < -0.4 is 21.3 Å². The van der Waals surface area contributed by atoms with Gasteiger partial charge in [0.25, 0.3) is 30.4 Å². The number of carbonyl (C=O) groups excluding carboxylic acids is 2. The lowest BCUT2D eigenvalue weighted by Crippen LogP contribution is -2.25. The molecule has 0 aromatic heterocycles. The van der Waals surface area contributed by atoms with Crippen LogP contribution in [0.3, 0.4) is 0 Å². The van der Waals surface area contributed by atoms with Gasteiger partial charge in [0.2, 0.25) is 11.8 Å². The molecule has 68 heavy (non-hydrogen) atoms. The van der Waals surface area contributed by atoms with E-state index in [1.54, 1.807) is 60.6 Å². The molecule has 4 aromatic carbocycles. The highest BCUT2D eigenvalue weighted by Crippen LogP contribution is 2.46. The number of anilines is 4. The van der Waals surface area contributed by atoms with Crippen LogP contribution in [-0.4, -0.2) is 50.7 Å². The standard InChI is InChI=1S/C49H56N4O12S3/c1-23(2)29(9)48(54)52-46-27(7)17-25(5)44(31(46)11)50-36-21-38-34(19-41(36)67(59,60)61)43(33-15-13-14-16-40(33)66(56,57)58)35-20-42(68(62,63)64)37(22-39(35)65-38)51-45-26(6)18-28(8)47(32(45)12)53-49(55)30(10)24(3)4/h13-24,29-30,50H,1-12H3,(H,52,54)(H,53,55)(H,56,57,58)(H,59,60,61)(H,62,63,64)/b51-37+. The summed E-state index contributed by atoms with van der Waals surface area (Å²) in [6.07, 6.45) is 0. The van der Waals surface area contributed by atoms with Gasteiger partial charge in [-0.2, -0.15) is 25.3 Å². The molecule has 2 atom stereocenters. The SMILES string of the molecule is Cc1cc(C)c(NC(=O)C(C)C(C)C)c(C)c1/N=c1\cc2oc3cc(Nc4c(C)cc(C)c(NC(=O)C(C)C(C)C)c4C)c(S(=O)(=O)O)cc3c(-c3ccccc3S(=O)(=O)O)c-2cc1S(=O)(=O)O. The van der Waals surface area contributed by atoms with Gasteiger partial charge in [-0.15, -0.1) is 0 Å². The van der Waals surface area contributed by atoms with Crippen LogP contribution >= 0.6 is 0 Å². The Morgan fingerprint density at radius 2 is 1.07 bits per heavy atom. The van der Waals surface area contributed by atoms with E-state index in [1.165, 1.54) is 30.3 Å². The van der Waals surface area contributed by atoms with Crippen molar-refractivity contribution in [3.8, 4) is 22.5 Å². The first kappa shape index (κ1) is 51.4. The minimum Gasteiger partial charge on any atom is -0.456 e. The number of hydrogen-bond donors (Lipinski definition) is 6. The summed E-state index contributed by atoms with van der Waals surface area (Å²) in [7, 11) is -15.3. The summed E-state index contributed by atoms with van der Waals surface area (Å²) in [4.78, 5) is 29.1. The molecule has 1 heterocycles. The zero-order valence-electron chi connectivity index (χ0n) is 39.8.